The standard InChI is InChI=1S/C8H11N3O2S2/c1-3-13-8(12)11-7(14)10-6-4-9-5(2)15-6/h4H,3H2,1-2H3,(H2,10,11,12,14). The molecule has 1 heterocycles. The summed E-state index contributed by atoms with van der Waals surface area (Å²) in [7, 11) is 0. The molecule has 0 saturated carbocycles. The zero-order valence-electron chi connectivity index (χ0n) is 8.36. The highest BCUT2D eigenvalue weighted by Gasteiger charge is 2.05. The van der Waals surface area contributed by atoms with Gasteiger partial charge in [0.05, 0.1) is 17.8 Å². The maximum atomic E-state index is 11.0. The largest absolute Gasteiger partial charge is 0.450 e. The predicted molar refractivity (Wildman–Crippen MR) is 63.2 cm³/mol. The normalized spacial score (nSPS) is 9.47. The Bertz CT molecular complexity index is 365. The van der Waals surface area contributed by atoms with Crippen molar-refractivity contribution in [2.75, 3.05) is 11.9 Å². The lowest BCUT2D eigenvalue weighted by atomic mass is 10.8. The van der Waals surface area contributed by atoms with Gasteiger partial charge in [-0.1, -0.05) is 0 Å². The quantitative estimate of drug-likeness (QED) is 0.779. The lowest BCUT2D eigenvalue weighted by molar-refractivity contribution is 0.158. The number of aryl methyl sites for hydroxylation is 1. The van der Waals surface area contributed by atoms with Gasteiger partial charge in [-0.25, -0.2) is 9.78 Å². The fourth-order valence-electron chi connectivity index (χ4n) is 0.822. The van der Waals surface area contributed by atoms with Gasteiger partial charge >= 0.3 is 6.09 Å². The van der Waals surface area contributed by atoms with Gasteiger partial charge < -0.3 is 10.1 Å². The van der Waals surface area contributed by atoms with Crippen LogP contribution in [0.2, 0.25) is 0 Å². The van der Waals surface area contributed by atoms with Crippen molar-refractivity contribution in [3.05, 3.63) is 11.2 Å². The van der Waals surface area contributed by atoms with Gasteiger partial charge in [0.25, 0.3) is 0 Å². The van der Waals surface area contributed by atoms with Crippen molar-refractivity contribution in [3.8, 4) is 0 Å². The highest BCUT2D eigenvalue weighted by Crippen LogP contribution is 2.16. The Labute approximate surface area is 96.8 Å². The number of thiazole rings is 1. The third kappa shape index (κ3) is 4.22. The molecule has 15 heavy (non-hydrogen) atoms. The molecule has 0 bridgehead atoms. The SMILES string of the molecule is CCOC(=O)NC(=S)Nc1cnc(C)s1. The first kappa shape index (κ1) is 11.9. The summed E-state index contributed by atoms with van der Waals surface area (Å²) in [6.45, 7) is 3.92. The summed E-state index contributed by atoms with van der Waals surface area (Å²) in [5, 5.41) is 7.12. The van der Waals surface area contributed by atoms with Crippen LogP contribution in [0.1, 0.15) is 11.9 Å². The molecule has 2 N–H and O–H groups in total. The molecule has 0 aromatic carbocycles. The molecule has 7 heteroatoms. The molecule has 1 amide bonds. The number of ether oxygens (including phenoxy) is 1. The Kier molecular flexibility index (Phi) is 4.44. The maximum absolute atomic E-state index is 11.0. The third-order valence-corrected chi connectivity index (χ3v) is 2.38. The van der Waals surface area contributed by atoms with Crippen molar-refractivity contribution in [2.24, 2.45) is 0 Å². The zero-order valence-corrected chi connectivity index (χ0v) is 10.00. The number of hydrogen-bond donors (Lipinski definition) is 2. The van der Waals surface area contributed by atoms with E-state index in [0.717, 1.165) is 10.0 Å². The third-order valence-electron chi connectivity index (χ3n) is 1.35. The Hall–Kier alpha value is -1.21. The van der Waals surface area contributed by atoms with E-state index in [0.29, 0.717) is 6.61 Å². The minimum Gasteiger partial charge on any atom is -0.450 e. The number of thiocarbonyl (C=S) groups is 1. The molecule has 1 aromatic rings. The monoisotopic (exact) mass is 245 g/mol. The fourth-order valence-corrected chi connectivity index (χ4v) is 1.76. The number of aromatic nitrogens is 1. The number of hydrogen-bond acceptors (Lipinski definition) is 5. The van der Waals surface area contributed by atoms with Crippen LogP contribution in [0.15, 0.2) is 6.20 Å². The summed E-state index contributed by atoms with van der Waals surface area (Å²) < 4.78 is 4.67. The summed E-state index contributed by atoms with van der Waals surface area (Å²) in [4.78, 5) is 15.0. The molecule has 0 aliphatic carbocycles. The molecule has 0 aliphatic heterocycles. The number of nitrogens with zero attached hydrogens (tertiary/aromatic N) is 1. The maximum Gasteiger partial charge on any atom is 0.413 e. The molecule has 0 saturated heterocycles. The molecule has 82 valence electrons. The van der Waals surface area contributed by atoms with Gasteiger partial charge in [0.15, 0.2) is 5.11 Å². The van der Waals surface area contributed by atoms with Crippen LogP contribution in [-0.2, 0) is 4.74 Å². The van der Waals surface area contributed by atoms with Crippen molar-refractivity contribution in [2.45, 2.75) is 13.8 Å². The van der Waals surface area contributed by atoms with Crippen molar-refractivity contribution in [3.63, 3.8) is 0 Å². The Balaban J connectivity index is 2.39. The van der Waals surface area contributed by atoms with Gasteiger partial charge in [0, 0.05) is 0 Å². The summed E-state index contributed by atoms with van der Waals surface area (Å²) in [6, 6.07) is 0. The fraction of sp³-hybridized carbons (Fsp3) is 0.375. The highest BCUT2D eigenvalue weighted by molar-refractivity contribution is 7.80. The van der Waals surface area contributed by atoms with E-state index in [4.69, 9.17) is 12.2 Å². The smallest absolute Gasteiger partial charge is 0.413 e. The van der Waals surface area contributed by atoms with E-state index in [9.17, 15) is 4.79 Å². The van der Waals surface area contributed by atoms with Crippen LogP contribution in [0, 0.1) is 6.92 Å². The summed E-state index contributed by atoms with van der Waals surface area (Å²) in [5.41, 5.74) is 0. The molecule has 0 aliphatic rings. The number of alkyl carbamates (subject to hydrolysis) is 1. The van der Waals surface area contributed by atoms with Gasteiger partial charge in [-0.3, -0.25) is 5.32 Å². The number of amides is 1. The second-order valence-electron chi connectivity index (χ2n) is 2.54. The van der Waals surface area contributed by atoms with Crippen LogP contribution in [0.3, 0.4) is 0 Å². The average molecular weight is 245 g/mol. The molecular weight excluding hydrogens is 234 g/mol. The highest BCUT2D eigenvalue weighted by atomic mass is 32.1. The van der Waals surface area contributed by atoms with Crippen LogP contribution >= 0.6 is 23.6 Å². The first-order valence-electron chi connectivity index (χ1n) is 4.29. The van der Waals surface area contributed by atoms with E-state index in [1.165, 1.54) is 11.3 Å². The van der Waals surface area contributed by atoms with E-state index in [2.05, 4.69) is 20.4 Å². The number of carbonyl (C=O) groups is 1. The molecule has 0 unspecified atom stereocenters. The van der Waals surface area contributed by atoms with E-state index in [1.807, 2.05) is 6.92 Å². The van der Waals surface area contributed by atoms with Crippen molar-refractivity contribution < 1.29 is 9.53 Å². The van der Waals surface area contributed by atoms with Gasteiger partial charge in [-0.2, -0.15) is 0 Å². The van der Waals surface area contributed by atoms with Crippen LogP contribution in [0.25, 0.3) is 0 Å². The van der Waals surface area contributed by atoms with E-state index in [1.54, 1.807) is 13.1 Å². The molecule has 0 spiro atoms. The minimum atomic E-state index is -0.559. The number of rotatable bonds is 2. The van der Waals surface area contributed by atoms with Crippen LogP contribution in [0.4, 0.5) is 9.80 Å². The molecule has 5 nitrogen and oxygen atoms in total. The second kappa shape index (κ2) is 5.62. The van der Waals surface area contributed by atoms with Crippen molar-refractivity contribution in [1.29, 1.82) is 0 Å². The number of carbonyl (C=O) groups excluding carboxylic acids is 1. The first-order valence-corrected chi connectivity index (χ1v) is 5.51. The Morgan fingerprint density at radius 1 is 1.73 bits per heavy atom. The summed E-state index contributed by atoms with van der Waals surface area (Å²) >= 11 is 6.35. The summed E-state index contributed by atoms with van der Waals surface area (Å²) in [6.07, 6.45) is 1.09. The lowest BCUT2D eigenvalue weighted by Gasteiger charge is -2.06. The summed E-state index contributed by atoms with van der Waals surface area (Å²) in [5.74, 6) is 0. The van der Waals surface area contributed by atoms with Crippen molar-refractivity contribution >= 4 is 39.8 Å². The van der Waals surface area contributed by atoms with Gasteiger partial charge in [0.2, 0.25) is 0 Å². The van der Waals surface area contributed by atoms with Gasteiger partial charge in [-0.05, 0) is 26.1 Å². The molecular formula is C8H11N3O2S2. The zero-order chi connectivity index (χ0) is 11.3. The lowest BCUT2D eigenvalue weighted by Crippen LogP contribution is -2.34. The van der Waals surface area contributed by atoms with Gasteiger partial charge in [0.1, 0.15) is 5.00 Å². The van der Waals surface area contributed by atoms with E-state index in [-0.39, 0.29) is 5.11 Å². The Morgan fingerprint density at radius 2 is 2.47 bits per heavy atom. The number of nitrogens with one attached hydrogen (secondary N) is 2. The van der Waals surface area contributed by atoms with Crippen LogP contribution in [-0.4, -0.2) is 22.8 Å². The van der Waals surface area contributed by atoms with E-state index < -0.39 is 6.09 Å². The molecule has 0 atom stereocenters. The molecule has 1 rings (SSSR count). The molecule has 1 aromatic heterocycles. The Morgan fingerprint density at radius 3 is 3.00 bits per heavy atom. The molecule has 0 fully saturated rings. The van der Waals surface area contributed by atoms with Gasteiger partial charge in [-0.15, -0.1) is 11.3 Å². The van der Waals surface area contributed by atoms with Crippen molar-refractivity contribution in [1.82, 2.24) is 10.3 Å². The van der Waals surface area contributed by atoms with Crippen LogP contribution in [0.5, 0.6) is 0 Å². The first-order chi connectivity index (χ1) is 7.11. The average Bonchev–Trinajstić information content (AvgIpc) is 2.51. The van der Waals surface area contributed by atoms with Crippen LogP contribution < -0.4 is 10.6 Å². The molecule has 0 radical (unpaired) electrons. The number of anilines is 1. The topological polar surface area (TPSA) is 63.2 Å². The van der Waals surface area contributed by atoms with E-state index >= 15 is 0 Å². The second-order valence-corrected chi connectivity index (χ2v) is 4.19. The predicted octanol–water partition coefficient (Wildman–Crippen LogP) is 1.89. The minimum absolute atomic E-state index is 0.206.